The number of amides is 1. The zero-order valence-electron chi connectivity index (χ0n) is 11.7. The molecular formula is C14H10FN5O2S. The summed E-state index contributed by atoms with van der Waals surface area (Å²) in [4.78, 5) is 15.8. The molecule has 3 rings (SSSR count). The van der Waals surface area contributed by atoms with Crippen molar-refractivity contribution < 1.29 is 13.6 Å². The standard InChI is InChI=1S/C14H10FN5O2S/c15-8-1-2-9-10(5-8)23-14(18-9)7-13-20-19-12(22-13)6-11(21)17-4-3-16/h1-2,5H,4,6-7H2,(H,17,21). The van der Waals surface area contributed by atoms with Crippen molar-refractivity contribution in [3.63, 3.8) is 0 Å². The van der Waals surface area contributed by atoms with Gasteiger partial charge in [-0.15, -0.1) is 21.5 Å². The van der Waals surface area contributed by atoms with Gasteiger partial charge in [0.1, 0.15) is 23.8 Å². The van der Waals surface area contributed by atoms with Crippen LogP contribution in [0.15, 0.2) is 22.6 Å². The molecular weight excluding hydrogens is 321 g/mol. The Morgan fingerprint density at radius 3 is 3.04 bits per heavy atom. The van der Waals surface area contributed by atoms with Gasteiger partial charge in [-0.2, -0.15) is 5.26 Å². The van der Waals surface area contributed by atoms with Gasteiger partial charge in [0.25, 0.3) is 0 Å². The summed E-state index contributed by atoms with van der Waals surface area (Å²) in [6.45, 7) is -0.0674. The minimum Gasteiger partial charge on any atom is -0.424 e. The maximum atomic E-state index is 13.2. The predicted octanol–water partition coefficient (Wildman–Crippen LogP) is 1.59. The van der Waals surface area contributed by atoms with Crippen molar-refractivity contribution in [3.8, 4) is 6.07 Å². The van der Waals surface area contributed by atoms with Gasteiger partial charge in [0, 0.05) is 0 Å². The SMILES string of the molecule is N#CCNC(=O)Cc1nnc(Cc2nc3ccc(F)cc3s2)o1. The Labute approximate surface area is 133 Å². The van der Waals surface area contributed by atoms with E-state index < -0.39 is 0 Å². The molecule has 9 heteroatoms. The van der Waals surface area contributed by atoms with Crippen LogP contribution in [-0.2, 0) is 17.6 Å². The number of carbonyl (C=O) groups is 1. The number of halogens is 1. The van der Waals surface area contributed by atoms with Crippen molar-refractivity contribution in [2.24, 2.45) is 0 Å². The normalized spacial score (nSPS) is 10.6. The van der Waals surface area contributed by atoms with E-state index in [2.05, 4.69) is 20.5 Å². The summed E-state index contributed by atoms with van der Waals surface area (Å²) in [5, 5.41) is 19.1. The van der Waals surface area contributed by atoms with E-state index in [1.54, 1.807) is 12.1 Å². The lowest BCUT2D eigenvalue weighted by Gasteiger charge is -1.95. The highest BCUT2D eigenvalue weighted by Crippen LogP contribution is 2.24. The number of hydrogen-bond acceptors (Lipinski definition) is 7. The molecule has 2 heterocycles. The molecule has 0 aliphatic heterocycles. The molecule has 0 atom stereocenters. The van der Waals surface area contributed by atoms with Crippen LogP contribution in [0.4, 0.5) is 4.39 Å². The maximum absolute atomic E-state index is 13.2. The van der Waals surface area contributed by atoms with Gasteiger partial charge in [-0.25, -0.2) is 9.37 Å². The Morgan fingerprint density at radius 1 is 1.39 bits per heavy atom. The molecule has 0 aliphatic rings. The lowest BCUT2D eigenvalue weighted by atomic mass is 10.3. The average molecular weight is 331 g/mol. The number of aromatic nitrogens is 3. The van der Waals surface area contributed by atoms with Crippen LogP contribution in [0.3, 0.4) is 0 Å². The van der Waals surface area contributed by atoms with Crippen LogP contribution in [-0.4, -0.2) is 27.6 Å². The van der Waals surface area contributed by atoms with E-state index in [0.717, 1.165) is 9.71 Å². The fourth-order valence-electron chi connectivity index (χ4n) is 1.92. The largest absolute Gasteiger partial charge is 0.424 e. The summed E-state index contributed by atoms with van der Waals surface area (Å²) < 4.78 is 19.3. The maximum Gasteiger partial charge on any atom is 0.230 e. The van der Waals surface area contributed by atoms with E-state index in [9.17, 15) is 9.18 Å². The molecule has 0 saturated carbocycles. The van der Waals surface area contributed by atoms with Gasteiger partial charge in [0.2, 0.25) is 17.7 Å². The number of nitrogens with one attached hydrogen (secondary N) is 1. The molecule has 7 nitrogen and oxygen atoms in total. The number of nitriles is 1. The van der Waals surface area contributed by atoms with E-state index in [1.807, 2.05) is 0 Å². The number of benzene rings is 1. The second-order valence-corrected chi connectivity index (χ2v) is 5.71. The van der Waals surface area contributed by atoms with Gasteiger partial charge in [0.05, 0.1) is 22.7 Å². The van der Waals surface area contributed by atoms with Crippen molar-refractivity contribution in [2.75, 3.05) is 6.54 Å². The summed E-state index contributed by atoms with van der Waals surface area (Å²) in [5.74, 6) is -0.177. The van der Waals surface area contributed by atoms with Crippen LogP contribution in [0.1, 0.15) is 16.8 Å². The van der Waals surface area contributed by atoms with Crippen LogP contribution in [0.5, 0.6) is 0 Å². The van der Waals surface area contributed by atoms with Gasteiger partial charge < -0.3 is 9.73 Å². The molecule has 3 aromatic rings. The topological polar surface area (TPSA) is 105 Å². The third-order valence-corrected chi connectivity index (χ3v) is 3.90. The summed E-state index contributed by atoms with van der Waals surface area (Å²) in [5.41, 5.74) is 0.710. The smallest absolute Gasteiger partial charge is 0.230 e. The Kier molecular flexibility index (Phi) is 4.25. The molecule has 0 spiro atoms. The summed E-state index contributed by atoms with van der Waals surface area (Å²) >= 11 is 1.35. The second-order valence-electron chi connectivity index (χ2n) is 4.60. The molecule has 0 radical (unpaired) electrons. The fraction of sp³-hybridized carbons (Fsp3) is 0.214. The van der Waals surface area contributed by atoms with Gasteiger partial charge in [0.15, 0.2) is 0 Å². The Morgan fingerprint density at radius 2 is 2.22 bits per heavy atom. The fourth-order valence-corrected chi connectivity index (χ4v) is 2.90. The van der Waals surface area contributed by atoms with Crippen LogP contribution in [0.25, 0.3) is 10.2 Å². The molecule has 0 aliphatic carbocycles. The van der Waals surface area contributed by atoms with Gasteiger partial charge >= 0.3 is 0 Å². The Balaban J connectivity index is 1.68. The van der Waals surface area contributed by atoms with Gasteiger partial charge in [-0.1, -0.05) is 0 Å². The number of nitrogens with zero attached hydrogens (tertiary/aromatic N) is 4. The van der Waals surface area contributed by atoms with Crippen LogP contribution in [0.2, 0.25) is 0 Å². The van der Waals surface area contributed by atoms with Crippen LogP contribution >= 0.6 is 11.3 Å². The number of hydrogen-bond donors (Lipinski definition) is 1. The van der Waals surface area contributed by atoms with Crippen molar-refractivity contribution in [2.45, 2.75) is 12.8 Å². The van der Waals surface area contributed by atoms with E-state index in [0.29, 0.717) is 17.8 Å². The first-order chi connectivity index (χ1) is 11.1. The molecule has 0 saturated heterocycles. The lowest BCUT2D eigenvalue weighted by Crippen LogP contribution is -2.25. The van der Waals surface area contributed by atoms with Crippen molar-refractivity contribution >= 4 is 27.5 Å². The van der Waals surface area contributed by atoms with Crippen molar-refractivity contribution in [3.05, 3.63) is 40.8 Å². The molecule has 1 amide bonds. The van der Waals surface area contributed by atoms with Crippen molar-refractivity contribution in [1.82, 2.24) is 20.5 Å². The van der Waals surface area contributed by atoms with Crippen LogP contribution in [0, 0.1) is 17.1 Å². The number of carbonyl (C=O) groups excluding carboxylic acids is 1. The predicted molar refractivity (Wildman–Crippen MR) is 79.0 cm³/mol. The first kappa shape index (κ1) is 15.1. The summed E-state index contributed by atoms with van der Waals surface area (Å²) in [7, 11) is 0. The molecule has 1 N–H and O–H groups in total. The zero-order chi connectivity index (χ0) is 16.2. The van der Waals surface area contributed by atoms with Gasteiger partial charge in [-0.05, 0) is 18.2 Å². The number of thiazole rings is 1. The molecule has 0 bridgehead atoms. The summed E-state index contributed by atoms with van der Waals surface area (Å²) in [6.07, 6.45) is 0.230. The third kappa shape index (κ3) is 3.67. The van der Waals surface area contributed by atoms with Crippen LogP contribution < -0.4 is 5.32 Å². The number of rotatable bonds is 5. The van der Waals surface area contributed by atoms with Gasteiger partial charge in [-0.3, -0.25) is 4.79 Å². The van der Waals surface area contributed by atoms with E-state index >= 15 is 0 Å². The minimum atomic E-state index is -0.364. The molecule has 1 aromatic carbocycles. The second kappa shape index (κ2) is 6.50. The molecule has 116 valence electrons. The lowest BCUT2D eigenvalue weighted by molar-refractivity contribution is -0.120. The average Bonchev–Trinajstić information content (AvgIpc) is 3.11. The molecule has 0 fully saturated rings. The third-order valence-electron chi connectivity index (χ3n) is 2.88. The molecule has 23 heavy (non-hydrogen) atoms. The first-order valence-electron chi connectivity index (χ1n) is 6.64. The van der Waals surface area contributed by atoms with E-state index in [-0.39, 0.29) is 30.6 Å². The Bertz CT molecular complexity index is 898. The Hall–Kier alpha value is -2.86. The number of fused-ring (bicyclic) bond motifs is 1. The quantitative estimate of drug-likeness (QED) is 0.712. The summed E-state index contributed by atoms with van der Waals surface area (Å²) in [6, 6.07) is 6.20. The molecule has 0 unspecified atom stereocenters. The van der Waals surface area contributed by atoms with E-state index in [4.69, 9.17) is 9.68 Å². The first-order valence-corrected chi connectivity index (χ1v) is 7.45. The van der Waals surface area contributed by atoms with Crippen molar-refractivity contribution in [1.29, 1.82) is 5.26 Å². The highest BCUT2D eigenvalue weighted by atomic mass is 32.1. The van der Waals surface area contributed by atoms with E-state index in [1.165, 1.54) is 23.5 Å². The molecule has 2 aromatic heterocycles. The zero-order valence-corrected chi connectivity index (χ0v) is 12.6. The monoisotopic (exact) mass is 331 g/mol. The highest BCUT2D eigenvalue weighted by molar-refractivity contribution is 7.18. The highest BCUT2D eigenvalue weighted by Gasteiger charge is 2.13. The minimum absolute atomic E-state index is 0.0674.